The molecule has 1 aliphatic heterocycles. The maximum atomic E-state index is 14.7. The fraction of sp³-hybridized carbons (Fsp3) is 0.377. The number of amides is 1. The minimum atomic E-state index is -1.63. The fourth-order valence-corrected chi connectivity index (χ4v) is 9.80. The summed E-state index contributed by atoms with van der Waals surface area (Å²) in [6.45, 7) is 7.83. The molecule has 1 amide bonds. The minimum Gasteiger partial charge on any atom is -0.459 e. The molecule has 0 bridgehead atoms. The van der Waals surface area contributed by atoms with Gasteiger partial charge in [0, 0.05) is 55.4 Å². The molecule has 7 rings (SSSR count). The summed E-state index contributed by atoms with van der Waals surface area (Å²) in [6.07, 6.45) is 9.99. The van der Waals surface area contributed by atoms with E-state index in [9.17, 15) is 34.3 Å². The maximum absolute atomic E-state index is 14.7. The van der Waals surface area contributed by atoms with Crippen LogP contribution in [0, 0.1) is 33.7 Å². The van der Waals surface area contributed by atoms with Crippen LogP contribution in [0.3, 0.4) is 0 Å². The smallest absolute Gasteiger partial charge is 0.410 e. The van der Waals surface area contributed by atoms with E-state index in [0.717, 1.165) is 30.3 Å². The van der Waals surface area contributed by atoms with Crippen molar-refractivity contribution in [1.29, 1.82) is 0 Å². The second-order valence-electron chi connectivity index (χ2n) is 17.2. The molecule has 4 aromatic rings. The molecule has 0 saturated heterocycles. The van der Waals surface area contributed by atoms with E-state index in [0.29, 0.717) is 71.8 Å². The Balaban J connectivity index is 1.45. The number of hydrogen-bond acceptors (Lipinski definition) is 12. The summed E-state index contributed by atoms with van der Waals surface area (Å²) in [5.74, 6) is -1.84. The fourth-order valence-electron chi connectivity index (χ4n) is 9.80. The molecule has 3 aliphatic rings. The van der Waals surface area contributed by atoms with Crippen molar-refractivity contribution in [2.75, 3.05) is 26.4 Å². The number of non-ortho nitro benzene ring substituents is 1. The van der Waals surface area contributed by atoms with Crippen LogP contribution in [0.15, 0.2) is 133 Å². The molecule has 6 unspecified atom stereocenters. The van der Waals surface area contributed by atoms with Crippen LogP contribution >= 0.6 is 0 Å². The van der Waals surface area contributed by atoms with Gasteiger partial charge in [-0.05, 0) is 115 Å². The quantitative estimate of drug-likeness (QED) is 0.0224. The Labute approximate surface area is 395 Å². The molecule has 0 radical (unpaired) electrons. The van der Waals surface area contributed by atoms with E-state index in [1.807, 2.05) is 12.1 Å². The number of fused-ring (bicyclic) bond motifs is 2. The molecule has 2 N–H and O–H groups in total. The first-order valence-corrected chi connectivity index (χ1v) is 23.1. The molecule has 1 saturated carbocycles. The van der Waals surface area contributed by atoms with Gasteiger partial charge in [-0.3, -0.25) is 19.8 Å². The number of aliphatic hydroxyl groups is 2. The molecule has 1 fully saturated rings. The molecule has 15 heteroatoms. The van der Waals surface area contributed by atoms with Gasteiger partial charge in [0.2, 0.25) is 5.79 Å². The van der Waals surface area contributed by atoms with Crippen molar-refractivity contribution in [2.24, 2.45) is 22.9 Å². The molecule has 358 valence electrons. The Kier molecular flexibility index (Phi) is 16.9. The van der Waals surface area contributed by atoms with Crippen LogP contribution in [-0.4, -0.2) is 76.4 Å². The first-order valence-electron chi connectivity index (χ1n) is 23.1. The number of ether oxygens (including phenoxy) is 4. The zero-order valence-corrected chi connectivity index (χ0v) is 38.0. The second-order valence-corrected chi connectivity index (χ2v) is 17.2. The Morgan fingerprint density at radius 1 is 0.941 bits per heavy atom. The van der Waals surface area contributed by atoms with Gasteiger partial charge in [0.1, 0.15) is 42.0 Å². The van der Waals surface area contributed by atoms with Gasteiger partial charge in [-0.2, -0.15) is 0 Å². The number of nitro groups is 1. The molecule has 1 heterocycles. The number of rotatable bonds is 24. The number of benzene rings is 4. The van der Waals surface area contributed by atoms with Crippen LogP contribution in [0.2, 0.25) is 0 Å². The molecule has 0 aromatic heterocycles. The van der Waals surface area contributed by atoms with Crippen LogP contribution in [0.5, 0.6) is 17.2 Å². The highest BCUT2D eigenvalue weighted by Gasteiger charge is 2.65. The van der Waals surface area contributed by atoms with Gasteiger partial charge >= 0.3 is 6.09 Å². The zero-order chi connectivity index (χ0) is 48.0. The van der Waals surface area contributed by atoms with E-state index < -0.39 is 40.5 Å². The number of carbonyl (C=O) groups excluding carboxylic acids is 2. The zero-order valence-electron chi connectivity index (χ0n) is 38.0. The predicted molar refractivity (Wildman–Crippen MR) is 253 cm³/mol. The van der Waals surface area contributed by atoms with Crippen LogP contribution < -0.4 is 9.47 Å². The van der Waals surface area contributed by atoms with E-state index in [4.69, 9.17) is 28.9 Å². The van der Waals surface area contributed by atoms with Crippen molar-refractivity contribution in [2.45, 2.75) is 82.3 Å². The lowest BCUT2D eigenvalue weighted by atomic mass is 9.55. The average Bonchev–Trinajstić information content (AvgIpc) is 3.35. The summed E-state index contributed by atoms with van der Waals surface area (Å²) in [5, 5.41) is 36.2. The highest BCUT2D eigenvalue weighted by atomic mass is 19.1. The standard InChI is InChI=1S/C53H58FN3O11/c1-3-5-28-64-52(61)56(33-36-15-19-40(54)20-16-36)49-32-47(55-66-35-37-17-21-41(22-18-37)57(62)63)45-30-39(12-6-8-25-58)44(14-7-9-26-59)50-46-31-43(67-42-13-10-11-38(29-42)34-60)23-24-48(46)68-53(49,51(45)50)65-27-4-2/h3-4,10-11,13,15-24,29-31,34,39,44,49-51,58-59H,1-2,5-9,12,14,25-28,32-33,35H2. The summed E-state index contributed by atoms with van der Waals surface area (Å²) in [5.41, 5.74) is 3.75. The number of oxime groups is 1. The van der Waals surface area contributed by atoms with Gasteiger partial charge in [0.15, 0.2) is 0 Å². The lowest BCUT2D eigenvalue weighted by Crippen LogP contribution is -2.70. The highest BCUT2D eigenvalue weighted by molar-refractivity contribution is 6.03. The molecular weight excluding hydrogens is 874 g/mol. The van der Waals surface area contributed by atoms with Crippen molar-refractivity contribution in [3.8, 4) is 17.2 Å². The number of hydrogen-bond donors (Lipinski definition) is 2. The van der Waals surface area contributed by atoms with Crippen molar-refractivity contribution >= 4 is 23.8 Å². The second kappa shape index (κ2) is 23.4. The van der Waals surface area contributed by atoms with Crippen molar-refractivity contribution < 1.29 is 52.9 Å². The van der Waals surface area contributed by atoms with Gasteiger partial charge in [0.25, 0.3) is 5.69 Å². The molecule has 14 nitrogen and oxygen atoms in total. The third kappa shape index (κ3) is 11.4. The topological polar surface area (TPSA) is 179 Å². The Morgan fingerprint density at radius 2 is 1.68 bits per heavy atom. The summed E-state index contributed by atoms with van der Waals surface area (Å²) in [6, 6.07) is 23.3. The molecule has 68 heavy (non-hydrogen) atoms. The van der Waals surface area contributed by atoms with Gasteiger partial charge in [-0.1, -0.05) is 60.5 Å². The van der Waals surface area contributed by atoms with Gasteiger partial charge in [0.05, 0.1) is 29.8 Å². The molecular formula is C53H58FN3O11. The van der Waals surface area contributed by atoms with Gasteiger partial charge < -0.3 is 34.0 Å². The van der Waals surface area contributed by atoms with E-state index in [1.54, 1.807) is 71.6 Å². The highest BCUT2D eigenvalue weighted by Crippen LogP contribution is 2.62. The number of aldehydes is 1. The molecule has 2 aliphatic carbocycles. The van der Waals surface area contributed by atoms with E-state index in [1.165, 1.54) is 24.3 Å². The Hall–Kier alpha value is -6.68. The van der Waals surface area contributed by atoms with Gasteiger partial charge in [-0.25, -0.2) is 9.18 Å². The number of allylic oxidation sites excluding steroid dienone is 1. The van der Waals surface area contributed by atoms with E-state index in [-0.39, 0.29) is 63.5 Å². The Bertz CT molecular complexity index is 2460. The monoisotopic (exact) mass is 931 g/mol. The number of nitro benzene ring substituents is 1. The number of carbonyl (C=O) groups is 2. The predicted octanol–water partition coefficient (Wildman–Crippen LogP) is 10.4. The third-order valence-corrected chi connectivity index (χ3v) is 12.9. The van der Waals surface area contributed by atoms with E-state index in [2.05, 4.69) is 19.2 Å². The van der Waals surface area contributed by atoms with Gasteiger partial charge in [-0.15, -0.1) is 13.2 Å². The third-order valence-electron chi connectivity index (χ3n) is 12.9. The van der Waals surface area contributed by atoms with Crippen LogP contribution in [0.25, 0.3) is 0 Å². The van der Waals surface area contributed by atoms with Crippen molar-refractivity contribution in [3.05, 3.63) is 166 Å². The first kappa shape index (κ1) is 49.2. The van der Waals surface area contributed by atoms with Crippen molar-refractivity contribution in [3.63, 3.8) is 0 Å². The molecule has 0 spiro atoms. The first-order chi connectivity index (χ1) is 33.1. The summed E-state index contributed by atoms with van der Waals surface area (Å²) in [7, 11) is 0. The number of halogens is 1. The maximum Gasteiger partial charge on any atom is 0.410 e. The normalized spacial score (nSPS) is 21.8. The minimum absolute atomic E-state index is 0.0122. The largest absolute Gasteiger partial charge is 0.459 e. The summed E-state index contributed by atoms with van der Waals surface area (Å²) in [4.78, 5) is 45.0. The summed E-state index contributed by atoms with van der Waals surface area (Å²) >= 11 is 0. The lowest BCUT2D eigenvalue weighted by Gasteiger charge is -2.59. The summed E-state index contributed by atoms with van der Waals surface area (Å²) < 4.78 is 41.1. The number of aliphatic hydroxyl groups excluding tert-OH is 2. The average molecular weight is 932 g/mol. The lowest BCUT2D eigenvalue weighted by molar-refractivity contribution is -0.384. The van der Waals surface area contributed by atoms with E-state index >= 15 is 0 Å². The Morgan fingerprint density at radius 3 is 2.38 bits per heavy atom. The van der Waals surface area contributed by atoms with Crippen LogP contribution in [0.1, 0.15) is 84.3 Å². The SMILES string of the molecule is C=CCCOC(=O)N(Cc1ccc(F)cc1)C1CC(=NOCc2ccc([N+](=O)[O-])cc2)C2=CC(CCCCO)C(CCCCO)C3c4cc(Oc5cccc(C=O)c5)ccc4OC1(OCC=C)C23. The van der Waals surface area contributed by atoms with Crippen LogP contribution in [0.4, 0.5) is 14.9 Å². The molecule has 4 aromatic carbocycles. The number of nitrogens with zero attached hydrogens (tertiary/aromatic N) is 3. The van der Waals surface area contributed by atoms with Crippen molar-refractivity contribution in [1.82, 2.24) is 4.90 Å². The molecule has 6 atom stereocenters. The number of unbranched alkanes of at least 4 members (excludes halogenated alkanes) is 2. The van der Waals surface area contributed by atoms with Crippen LogP contribution in [-0.2, 0) is 27.5 Å².